The largest absolute Gasteiger partial charge is 0.388 e. The summed E-state index contributed by atoms with van der Waals surface area (Å²) in [5.41, 5.74) is 5.07. The standard InChI is InChI=1S/C28H38O2/c1-25(2)21-11-13-27(25,5)23(29)19(21)15-17-7-9-18(10-8-17)16-20-22-12-14-28(6,24(20)30)26(22,3)4/h7-10,15-16,21-24,29-30H,11-14H2,1-6H3/b19-15+,20-16+. The van der Waals surface area contributed by atoms with Crippen molar-refractivity contribution >= 4 is 12.2 Å². The Kier molecular flexibility index (Phi) is 4.18. The highest BCUT2D eigenvalue weighted by Gasteiger charge is 2.64. The number of hydrogen-bond acceptors (Lipinski definition) is 2. The van der Waals surface area contributed by atoms with Crippen molar-refractivity contribution in [3.63, 3.8) is 0 Å². The molecular weight excluding hydrogens is 368 g/mol. The van der Waals surface area contributed by atoms with Gasteiger partial charge in [-0.15, -0.1) is 0 Å². The first kappa shape index (κ1) is 20.5. The maximum absolute atomic E-state index is 11.0. The molecule has 1 aromatic rings. The monoisotopic (exact) mass is 406 g/mol. The molecule has 0 spiro atoms. The molecule has 2 N–H and O–H groups in total. The average molecular weight is 407 g/mol. The van der Waals surface area contributed by atoms with Gasteiger partial charge < -0.3 is 10.2 Å². The minimum Gasteiger partial charge on any atom is -0.388 e. The van der Waals surface area contributed by atoms with Gasteiger partial charge in [-0.3, -0.25) is 0 Å². The van der Waals surface area contributed by atoms with Crippen LogP contribution in [0.5, 0.6) is 0 Å². The van der Waals surface area contributed by atoms with Gasteiger partial charge in [0.2, 0.25) is 0 Å². The van der Waals surface area contributed by atoms with Gasteiger partial charge in [-0.05, 0) is 70.6 Å². The Morgan fingerprint density at radius 3 is 1.27 bits per heavy atom. The lowest BCUT2D eigenvalue weighted by molar-refractivity contribution is 0.0263. The molecule has 2 nitrogen and oxygen atoms in total. The molecule has 6 atom stereocenters. The predicted octanol–water partition coefficient (Wildman–Crippen LogP) is 6.09. The summed E-state index contributed by atoms with van der Waals surface area (Å²) in [6.07, 6.45) is 8.40. The minimum atomic E-state index is -0.333. The molecule has 0 amide bonds. The van der Waals surface area contributed by atoms with E-state index in [-0.39, 0.29) is 33.9 Å². The smallest absolute Gasteiger partial charge is 0.0815 e. The molecule has 4 aliphatic rings. The van der Waals surface area contributed by atoms with Gasteiger partial charge in [-0.25, -0.2) is 0 Å². The van der Waals surface area contributed by atoms with Crippen molar-refractivity contribution in [2.24, 2.45) is 33.5 Å². The first-order valence-corrected chi connectivity index (χ1v) is 11.8. The zero-order chi connectivity index (χ0) is 21.7. The molecule has 4 bridgehead atoms. The summed E-state index contributed by atoms with van der Waals surface area (Å²) >= 11 is 0. The van der Waals surface area contributed by atoms with Crippen LogP contribution >= 0.6 is 0 Å². The Labute approximate surface area is 182 Å². The maximum atomic E-state index is 11.0. The number of benzene rings is 1. The molecule has 30 heavy (non-hydrogen) atoms. The molecule has 4 aliphatic carbocycles. The third kappa shape index (κ3) is 2.33. The van der Waals surface area contributed by atoms with E-state index < -0.39 is 0 Å². The summed E-state index contributed by atoms with van der Waals surface area (Å²) in [6.45, 7) is 13.8. The van der Waals surface area contributed by atoms with E-state index >= 15 is 0 Å². The van der Waals surface area contributed by atoms with Gasteiger partial charge in [0.15, 0.2) is 0 Å². The molecule has 0 aromatic heterocycles. The fourth-order valence-corrected chi connectivity index (χ4v) is 7.74. The fourth-order valence-electron chi connectivity index (χ4n) is 7.74. The van der Waals surface area contributed by atoms with Crippen molar-refractivity contribution in [2.45, 2.75) is 79.4 Å². The molecule has 0 aliphatic heterocycles. The topological polar surface area (TPSA) is 40.5 Å². The van der Waals surface area contributed by atoms with Crippen molar-refractivity contribution in [3.8, 4) is 0 Å². The third-order valence-corrected chi connectivity index (χ3v) is 10.8. The molecule has 1 aromatic carbocycles. The van der Waals surface area contributed by atoms with Gasteiger partial charge in [0.05, 0.1) is 12.2 Å². The summed E-state index contributed by atoms with van der Waals surface area (Å²) in [5, 5.41) is 22.1. The number of aliphatic hydroxyl groups is 2. The molecule has 0 heterocycles. The van der Waals surface area contributed by atoms with Crippen LogP contribution in [0, 0.1) is 33.5 Å². The maximum Gasteiger partial charge on any atom is 0.0815 e. The van der Waals surface area contributed by atoms with Gasteiger partial charge in [0.25, 0.3) is 0 Å². The van der Waals surface area contributed by atoms with Crippen LogP contribution in [0.25, 0.3) is 12.2 Å². The lowest BCUT2D eigenvalue weighted by Gasteiger charge is -2.36. The number of aliphatic hydroxyl groups excluding tert-OH is 2. The third-order valence-electron chi connectivity index (χ3n) is 10.8. The summed E-state index contributed by atoms with van der Waals surface area (Å²) in [7, 11) is 0. The Balaban J connectivity index is 1.42. The van der Waals surface area contributed by atoms with Gasteiger partial charge in [-0.1, -0.05) is 78.0 Å². The highest BCUT2D eigenvalue weighted by molar-refractivity contribution is 5.62. The van der Waals surface area contributed by atoms with E-state index in [1.165, 1.54) is 35.1 Å². The van der Waals surface area contributed by atoms with E-state index in [2.05, 4.69) is 78.0 Å². The van der Waals surface area contributed by atoms with Gasteiger partial charge >= 0.3 is 0 Å². The van der Waals surface area contributed by atoms with Crippen LogP contribution in [-0.4, -0.2) is 22.4 Å². The van der Waals surface area contributed by atoms with Crippen molar-refractivity contribution < 1.29 is 10.2 Å². The summed E-state index contributed by atoms with van der Waals surface area (Å²) in [4.78, 5) is 0. The fraction of sp³-hybridized carbons (Fsp3) is 0.643. The second-order valence-electron chi connectivity index (χ2n) is 12.2. The second-order valence-corrected chi connectivity index (χ2v) is 12.2. The lowest BCUT2D eigenvalue weighted by atomic mass is 9.70. The van der Waals surface area contributed by atoms with E-state index in [9.17, 15) is 10.2 Å². The van der Waals surface area contributed by atoms with Crippen molar-refractivity contribution in [1.82, 2.24) is 0 Å². The molecule has 2 heteroatoms. The Hall–Kier alpha value is -1.38. The molecule has 4 saturated carbocycles. The Morgan fingerprint density at radius 2 is 1.00 bits per heavy atom. The molecule has 6 unspecified atom stereocenters. The number of fused-ring (bicyclic) bond motifs is 4. The van der Waals surface area contributed by atoms with E-state index in [1.807, 2.05) is 0 Å². The molecule has 0 radical (unpaired) electrons. The van der Waals surface area contributed by atoms with E-state index in [1.54, 1.807) is 0 Å². The molecule has 0 saturated heterocycles. The van der Waals surface area contributed by atoms with Gasteiger partial charge in [-0.2, -0.15) is 0 Å². The summed E-state index contributed by atoms with van der Waals surface area (Å²) in [6, 6.07) is 8.67. The average Bonchev–Trinajstić information content (AvgIpc) is 3.17. The van der Waals surface area contributed by atoms with Crippen LogP contribution in [0.4, 0.5) is 0 Å². The Bertz CT molecular complexity index is 857. The highest BCUT2D eigenvalue weighted by atomic mass is 16.3. The van der Waals surface area contributed by atoms with Crippen molar-refractivity contribution in [2.75, 3.05) is 0 Å². The molecular formula is C28H38O2. The second kappa shape index (κ2) is 6.11. The SMILES string of the molecule is CC1(C)C2CCC1(C)C(O)/C2=C/c1ccc(/C=C2\C3CCC(C)(C2O)C3(C)C)cc1. The van der Waals surface area contributed by atoms with E-state index in [0.717, 1.165) is 12.8 Å². The molecule has 4 fully saturated rings. The minimum absolute atomic E-state index is 0.00526. The van der Waals surface area contributed by atoms with E-state index in [4.69, 9.17) is 0 Å². The quantitative estimate of drug-likeness (QED) is 0.624. The normalized spacial score (nSPS) is 45.7. The molecule has 5 rings (SSSR count). The van der Waals surface area contributed by atoms with E-state index in [0.29, 0.717) is 11.8 Å². The first-order valence-electron chi connectivity index (χ1n) is 11.8. The van der Waals surface area contributed by atoms with Gasteiger partial charge in [0, 0.05) is 10.8 Å². The van der Waals surface area contributed by atoms with Gasteiger partial charge in [0.1, 0.15) is 0 Å². The van der Waals surface area contributed by atoms with Crippen LogP contribution in [-0.2, 0) is 0 Å². The lowest BCUT2D eigenvalue weighted by Crippen LogP contribution is -2.35. The highest BCUT2D eigenvalue weighted by Crippen LogP contribution is 2.68. The van der Waals surface area contributed by atoms with Crippen LogP contribution in [0.3, 0.4) is 0 Å². The Morgan fingerprint density at radius 1 is 0.667 bits per heavy atom. The van der Waals surface area contributed by atoms with Crippen LogP contribution in [0.1, 0.15) is 78.4 Å². The van der Waals surface area contributed by atoms with Crippen molar-refractivity contribution in [1.29, 1.82) is 0 Å². The zero-order valence-electron chi connectivity index (χ0n) is 19.5. The summed E-state index contributed by atoms with van der Waals surface area (Å²) in [5.74, 6) is 0.956. The first-order chi connectivity index (χ1) is 13.9. The summed E-state index contributed by atoms with van der Waals surface area (Å²) < 4.78 is 0. The van der Waals surface area contributed by atoms with Crippen LogP contribution in [0.15, 0.2) is 35.4 Å². The number of hydrogen-bond donors (Lipinski definition) is 2. The predicted molar refractivity (Wildman–Crippen MR) is 124 cm³/mol. The van der Waals surface area contributed by atoms with Crippen LogP contribution < -0.4 is 0 Å². The van der Waals surface area contributed by atoms with Crippen molar-refractivity contribution in [3.05, 3.63) is 46.5 Å². The zero-order valence-corrected chi connectivity index (χ0v) is 19.5. The molecule has 162 valence electrons. The number of rotatable bonds is 2. The van der Waals surface area contributed by atoms with Crippen LogP contribution in [0.2, 0.25) is 0 Å².